The van der Waals surface area contributed by atoms with Gasteiger partial charge in [0.2, 0.25) is 5.91 Å². The summed E-state index contributed by atoms with van der Waals surface area (Å²) in [6.07, 6.45) is 2.67. The molecule has 0 aliphatic heterocycles. The van der Waals surface area contributed by atoms with E-state index in [-0.39, 0.29) is 11.8 Å². The molecule has 1 amide bonds. The molecule has 0 saturated carbocycles. The fourth-order valence-corrected chi connectivity index (χ4v) is 2.52. The molecule has 1 N–H and O–H groups in total. The van der Waals surface area contributed by atoms with Gasteiger partial charge in [-0.15, -0.1) is 0 Å². The van der Waals surface area contributed by atoms with Crippen LogP contribution in [0.15, 0.2) is 53.6 Å². The number of benzene rings is 2. The Bertz CT molecular complexity index is 704. The number of ether oxygens (including phenoxy) is 1. The third kappa shape index (κ3) is 5.75. The largest absolute Gasteiger partial charge is 0.497 e. The van der Waals surface area contributed by atoms with Crippen LogP contribution in [-0.2, 0) is 11.2 Å². The summed E-state index contributed by atoms with van der Waals surface area (Å²) in [5.74, 6) is 1.04. The number of hydrogen-bond donors (Lipinski definition) is 1. The summed E-state index contributed by atoms with van der Waals surface area (Å²) in [5.41, 5.74) is 5.78. The fourth-order valence-electron chi connectivity index (χ4n) is 2.52. The molecule has 0 aliphatic rings. The van der Waals surface area contributed by atoms with Gasteiger partial charge in [0.15, 0.2) is 0 Å². The fraction of sp³-hybridized carbons (Fsp3) is 0.333. The Hall–Kier alpha value is -2.62. The summed E-state index contributed by atoms with van der Waals surface area (Å²) in [5, 5.41) is 4.04. The molecule has 2 aromatic carbocycles. The van der Waals surface area contributed by atoms with E-state index in [1.165, 1.54) is 5.56 Å². The summed E-state index contributed by atoms with van der Waals surface area (Å²) in [4.78, 5) is 12.3. The maximum Gasteiger partial charge on any atom is 0.247 e. The van der Waals surface area contributed by atoms with Crippen LogP contribution < -0.4 is 10.2 Å². The Kier molecular flexibility index (Phi) is 6.75. The van der Waals surface area contributed by atoms with Crippen LogP contribution in [0.2, 0.25) is 0 Å². The quantitative estimate of drug-likeness (QED) is 0.609. The number of carbonyl (C=O) groups is 1. The van der Waals surface area contributed by atoms with E-state index in [9.17, 15) is 4.79 Å². The molecule has 0 saturated heterocycles. The van der Waals surface area contributed by atoms with E-state index in [2.05, 4.69) is 36.5 Å². The van der Waals surface area contributed by atoms with Crippen molar-refractivity contribution in [2.75, 3.05) is 7.11 Å². The van der Waals surface area contributed by atoms with Gasteiger partial charge >= 0.3 is 0 Å². The van der Waals surface area contributed by atoms with Gasteiger partial charge in [-0.1, -0.05) is 38.1 Å². The van der Waals surface area contributed by atoms with Gasteiger partial charge in [-0.05, 0) is 60.2 Å². The Morgan fingerprint density at radius 3 is 2.28 bits per heavy atom. The van der Waals surface area contributed by atoms with Crippen LogP contribution in [0.3, 0.4) is 0 Å². The zero-order valence-electron chi connectivity index (χ0n) is 15.3. The van der Waals surface area contributed by atoms with Crippen LogP contribution in [0.25, 0.3) is 0 Å². The molecule has 0 radical (unpaired) electrons. The number of carbonyl (C=O) groups excluding carboxylic acids is 1. The van der Waals surface area contributed by atoms with Crippen molar-refractivity contribution in [3.8, 4) is 5.75 Å². The summed E-state index contributed by atoms with van der Waals surface area (Å²) in [6.45, 7) is 6.28. The van der Waals surface area contributed by atoms with E-state index in [1.807, 2.05) is 43.3 Å². The van der Waals surface area contributed by atoms with Gasteiger partial charge in [-0.2, -0.15) is 5.10 Å². The maximum absolute atomic E-state index is 12.3. The average molecular weight is 338 g/mol. The van der Waals surface area contributed by atoms with Crippen molar-refractivity contribution in [3.63, 3.8) is 0 Å². The van der Waals surface area contributed by atoms with E-state index >= 15 is 0 Å². The molecule has 0 bridgehead atoms. The summed E-state index contributed by atoms with van der Waals surface area (Å²) in [6, 6.07) is 15.7. The van der Waals surface area contributed by atoms with Crippen molar-refractivity contribution >= 4 is 12.1 Å². The molecular weight excluding hydrogens is 312 g/mol. The standard InChI is InChI=1S/C21H26N2O2/c1-15(2)13-17-5-9-19(10-6-17)16(3)21(24)23-22-14-18-7-11-20(25-4)12-8-18/h5-12,14-16H,13H2,1-4H3,(H,23,24)/b22-14-/t16-/m1/s1. The van der Waals surface area contributed by atoms with Crippen LogP contribution in [0.5, 0.6) is 5.75 Å². The van der Waals surface area contributed by atoms with E-state index in [0.29, 0.717) is 5.92 Å². The molecule has 25 heavy (non-hydrogen) atoms. The van der Waals surface area contributed by atoms with Gasteiger partial charge in [-0.25, -0.2) is 5.43 Å². The van der Waals surface area contributed by atoms with Gasteiger partial charge < -0.3 is 4.74 Å². The van der Waals surface area contributed by atoms with Crippen molar-refractivity contribution in [1.29, 1.82) is 0 Å². The normalized spacial score (nSPS) is 12.4. The molecule has 0 unspecified atom stereocenters. The van der Waals surface area contributed by atoms with Gasteiger partial charge in [0, 0.05) is 0 Å². The molecule has 0 aliphatic carbocycles. The Labute approximate surface area is 149 Å². The summed E-state index contributed by atoms with van der Waals surface area (Å²) < 4.78 is 5.11. The minimum Gasteiger partial charge on any atom is -0.497 e. The highest BCUT2D eigenvalue weighted by Crippen LogP contribution is 2.17. The first-order valence-corrected chi connectivity index (χ1v) is 8.55. The molecule has 2 aromatic rings. The highest BCUT2D eigenvalue weighted by molar-refractivity contribution is 5.85. The Morgan fingerprint density at radius 1 is 1.08 bits per heavy atom. The van der Waals surface area contributed by atoms with Crippen LogP contribution in [0, 0.1) is 5.92 Å². The van der Waals surface area contributed by atoms with Gasteiger partial charge in [0.25, 0.3) is 0 Å². The molecule has 0 fully saturated rings. The number of nitrogens with one attached hydrogen (secondary N) is 1. The monoisotopic (exact) mass is 338 g/mol. The van der Waals surface area contributed by atoms with Crippen LogP contribution in [0.1, 0.15) is 43.4 Å². The lowest BCUT2D eigenvalue weighted by Gasteiger charge is -2.11. The molecule has 0 spiro atoms. The summed E-state index contributed by atoms with van der Waals surface area (Å²) >= 11 is 0. The number of hydrogen-bond acceptors (Lipinski definition) is 3. The van der Waals surface area contributed by atoms with Crippen molar-refractivity contribution in [2.24, 2.45) is 11.0 Å². The first kappa shape index (κ1) is 18.7. The number of amides is 1. The smallest absolute Gasteiger partial charge is 0.247 e. The molecule has 0 heterocycles. The third-order valence-corrected chi connectivity index (χ3v) is 4.02. The Morgan fingerprint density at radius 2 is 1.72 bits per heavy atom. The predicted octanol–water partition coefficient (Wildman–Crippen LogP) is 4.15. The lowest BCUT2D eigenvalue weighted by molar-refractivity contribution is -0.122. The van der Waals surface area contributed by atoms with Crippen molar-refractivity contribution in [1.82, 2.24) is 5.43 Å². The molecule has 0 aromatic heterocycles. The second-order valence-electron chi connectivity index (χ2n) is 6.57. The highest BCUT2D eigenvalue weighted by atomic mass is 16.5. The molecule has 4 nitrogen and oxygen atoms in total. The van der Waals surface area contributed by atoms with Crippen LogP contribution in [0.4, 0.5) is 0 Å². The second kappa shape index (κ2) is 9.02. The molecule has 2 rings (SSSR count). The lowest BCUT2D eigenvalue weighted by atomic mass is 9.96. The predicted molar refractivity (Wildman–Crippen MR) is 102 cm³/mol. The average Bonchev–Trinajstić information content (AvgIpc) is 2.61. The third-order valence-electron chi connectivity index (χ3n) is 4.02. The molecule has 4 heteroatoms. The first-order valence-electron chi connectivity index (χ1n) is 8.55. The van der Waals surface area contributed by atoms with Gasteiger partial charge in [0.1, 0.15) is 5.75 Å². The zero-order valence-corrected chi connectivity index (χ0v) is 15.3. The molecular formula is C21H26N2O2. The van der Waals surface area contributed by atoms with Crippen molar-refractivity contribution in [3.05, 3.63) is 65.2 Å². The Balaban J connectivity index is 1.91. The second-order valence-corrected chi connectivity index (χ2v) is 6.57. The number of rotatable bonds is 7. The summed E-state index contributed by atoms with van der Waals surface area (Å²) in [7, 11) is 1.63. The number of methoxy groups -OCH3 is 1. The van der Waals surface area contributed by atoms with E-state index in [0.717, 1.165) is 23.3 Å². The highest BCUT2D eigenvalue weighted by Gasteiger charge is 2.14. The van der Waals surface area contributed by atoms with E-state index in [4.69, 9.17) is 4.74 Å². The SMILES string of the molecule is COc1ccc(/C=N\NC(=O)[C@H](C)c2ccc(CC(C)C)cc2)cc1. The first-order chi connectivity index (χ1) is 12.0. The van der Waals surface area contributed by atoms with Crippen molar-refractivity contribution < 1.29 is 9.53 Å². The topological polar surface area (TPSA) is 50.7 Å². The maximum atomic E-state index is 12.3. The van der Waals surface area contributed by atoms with Gasteiger partial charge in [0.05, 0.1) is 19.2 Å². The number of nitrogens with zero attached hydrogens (tertiary/aromatic N) is 1. The van der Waals surface area contributed by atoms with E-state index in [1.54, 1.807) is 13.3 Å². The van der Waals surface area contributed by atoms with Gasteiger partial charge in [-0.3, -0.25) is 4.79 Å². The van der Waals surface area contributed by atoms with Crippen LogP contribution in [-0.4, -0.2) is 19.2 Å². The molecule has 1 atom stereocenters. The lowest BCUT2D eigenvalue weighted by Crippen LogP contribution is -2.23. The zero-order chi connectivity index (χ0) is 18.2. The van der Waals surface area contributed by atoms with Crippen molar-refractivity contribution in [2.45, 2.75) is 33.1 Å². The minimum atomic E-state index is -0.249. The number of hydrazone groups is 1. The van der Waals surface area contributed by atoms with Crippen LogP contribution >= 0.6 is 0 Å². The van der Waals surface area contributed by atoms with E-state index < -0.39 is 0 Å². The molecule has 132 valence electrons. The minimum absolute atomic E-state index is 0.124.